The minimum atomic E-state index is 0.496. The number of rotatable bonds is 9. The first-order valence-electron chi connectivity index (χ1n) is 6.77. The highest BCUT2D eigenvalue weighted by Crippen LogP contribution is 2.36. The van der Waals surface area contributed by atoms with Crippen LogP contribution in [-0.2, 0) is 11.3 Å². The van der Waals surface area contributed by atoms with Crippen molar-refractivity contribution >= 4 is 15.9 Å². The molecule has 114 valence electrons. The molecule has 1 rings (SSSR count). The Morgan fingerprint density at radius 1 is 1.20 bits per heavy atom. The average molecular weight is 346 g/mol. The summed E-state index contributed by atoms with van der Waals surface area (Å²) < 4.78 is 17.0. The number of hydrogen-bond donors (Lipinski definition) is 1. The van der Waals surface area contributed by atoms with Crippen molar-refractivity contribution < 1.29 is 14.2 Å². The Morgan fingerprint density at radius 2 is 1.95 bits per heavy atom. The Morgan fingerprint density at radius 3 is 2.55 bits per heavy atom. The van der Waals surface area contributed by atoms with Crippen LogP contribution in [0.4, 0.5) is 0 Å². The summed E-state index contributed by atoms with van der Waals surface area (Å²) in [5, 5.41) is 3.41. The molecule has 1 aromatic rings. The third-order valence-electron chi connectivity index (χ3n) is 2.70. The van der Waals surface area contributed by atoms with Crippen molar-refractivity contribution in [2.45, 2.75) is 20.4 Å². The highest BCUT2D eigenvalue weighted by molar-refractivity contribution is 9.10. The van der Waals surface area contributed by atoms with Gasteiger partial charge in [0.2, 0.25) is 0 Å². The second-order valence-electron chi connectivity index (χ2n) is 4.98. The number of hydrogen-bond acceptors (Lipinski definition) is 4. The van der Waals surface area contributed by atoms with Crippen molar-refractivity contribution in [3.63, 3.8) is 0 Å². The predicted octanol–water partition coefficient (Wildman–Crippen LogP) is 3.23. The summed E-state index contributed by atoms with van der Waals surface area (Å²) in [5.74, 6) is 2.09. The van der Waals surface area contributed by atoms with Crippen LogP contribution in [-0.4, -0.2) is 34.0 Å². The van der Waals surface area contributed by atoms with E-state index in [-0.39, 0.29) is 0 Å². The SMILES string of the molecule is COCCOc1c(Br)cc(CNCC(C)C)cc1OC. The van der Waals surface area contributed by atoms with Gasteiger partial charge in [0.05, 0.1) is 18.2 Å². The molecule has 0 saturated carbocycles. The summed E-state index contributed by atoms with van der Waals surface area (Å²) in [6, 6.07) is 4.05. The fourth-order valence-electron chi connectivity index (χ4n) is 1.75. The van der Waals surface area contributed by atoms with Gasteiger partial charge in [-0.05, 0) is 46.1 Å². The molecular formula is C15H24BrNO3. The lowest BCUT2D eigenvalue weighted by atomic mass is 10.2. The minimum Gasteiger partial charge on any atom is -0.493 e. The zero-order valence-corrected chi connectivity index (χ0v) is 14.2. The maximum Gasteiger partial charge on any atom is 0.175 e. The van der Waals surface area contributed by atoms with E-state index in [1.807, 2.05) is 6.07 Å². The van der Waals surface area contributed by atoms with Gasteiger partial charge in [-0.25, -0.2) is 0 Å². The van der Waals surface area contributed by atoms with Crippen molar-refractivity contribution in [2.75, 3.05) is 34.0 Å². The minimum absolute atomic E-state index is 0.496. The Bertz CT molecular complexity index is 410. The molecule has 4 nitrogen and oxygen atoms in total. The molecule has 20 heavy (non-hydrogen) atoms. The van der Waals surface area contributed by atoms with Gasteiger partial charge in [0, 0.05) is 13.7 Å². The molecule has 0 aromatic heterocycles. The highest BCUT2D eigenvalue weighted by atomic mass is 79.9. The fourth-order valence-corrected chi connectivity index (χ4v) is 2.35. The Balaban J connectivity index is 2.73. The molecule has 0 fully saturated rings. The summed E-state index contributed by atoms with van der Waals surface area (Å²) in [7, 11) is 3.30. The van der Waals surface area contributed by atoms with Gasteiger partial charge in [-0.3, -0.25) is 0 Å². The molecule has 0 heterocycles. The van der Waals surface area contributed by atoms with Crippen LogP contribution in [0.25, 0.3) is 0 Å². The van der Waals surface area contributed by atoms with Crippen LogP contribution in [0.15, 0.2) is 16.6 Å². The van der Waals surface area contributed by atoms with Crippen LogP contribution in [0.5, 0.6) is 11.5 Å². The van der Waals surface area contributed by atoms with Crippen molar-refractivity contribution in [2.24, 2.45) is 5.92 Å². The van der Waals surface area contributed by atoms with Gasteiger partial charge < -0.3 is 19.5 Å². The van der Waals surface area contributed by atoms with E-state index in [1.54, 1.807) is 14.2 Å². The molecule has 0 aliphatic rings. The molecule has 5 heteroatoms. The Hall–Kier alpha value is -0.780. The molecule has 0 spiro atoms. The number of methoxy groups -OCH3 is 2. The topological polar surface area (TPSA) is 39.7 Å². The van der Waals surface area contributed by atoms with Gasteiger partial charge in [0.1, 0.15) is 6.61 Å². The molecule has 0 amide bonds. The van der Waals surface area contributed by atoms with Gasteiger partial charge in [-0.1, -0.05) is 13.8 Å². The Labute approximate surface area is 129 Å². The van der Waals surface area contributed by atoms with Gasteiger partial charge in [0.25, 0.3) is 0 Å². The first-order chi connectivity index (χ1) is 9.58. The van der Waals surface area contributed by atoms with E-state index in [0.717, 1.165) is 34.6 Å². The second kappa shape index (κ2) is 9.21. The van der Waals surface area contributed by atoms with E-state index in [0.29, 0.717) is 19.1 Å². The van der Waals surface area contributed by atoms with Gasteiger partial charge in [0.15, 0.2) is 11.5 Å². The molecule has 0 aliphatic carbocycles. The quantitative estimate of drug-likeness (QED) is 0.697. The molecule has 1 N–H and O–H groups in total. The summed E-state index contributed by atoms with van der Waals surface area (Å²) in [5.41, 5.74) is 1.16. The van der Waals surface area contributed by atoms with Crippen LogP contribution in [0.2, 0.25) is 0 Å². The van der Waals surface area contributed by atoms with Gasteiger partial charge >= 0.3 is 0 Å². The molecule has 0 bridgehead atoms. The van der Waals surface area contributed by atoms with Crippen LogP contribution >= 0.6 is 15.9 Å². The monoisotopic (exact) mass is 345 g/mol. The third-order valence-corrected chi connectivity index (χ3v) is 3.29. The lowest BCUT2D eigenvalue weighted by Gasteiger charge is -2.15. The van der Waals surface area contributed by atoms with Crippen molar-refractivity contribution in [1.82, 2.24) is 5.32 Å². The molecule has 0 unspecified atom stereocenters. The number of ether oxygens (including phenoxy) is 3. The number of benzene rings is 1. The summed E-state index contributed by atoms with van der Waals surface area (Å²) in [6.45, 7) is 7.23. The average Bonchev–Trinajstić information content (AvgIpc) is 2.40. The summed E-state index contributed by atoms with van der Waals surface area (Å²) in [6.07, 6.45) is 0. The maximum atomic E-state index is 5.68. The van der Waals surface area contributed by atoms with Crippen molar-refractivity contribution in [3.8, 4) is 11.5 Å². The molecule has 0 atom stereocenters. The van der Waals surface area contributed by atoms with E-state index < -0.39 is 0 Å². The van der Waals surface area contributed by atoms with Crippen LogP contribution in [0.3, 0.4) is 0 Å². The summed E-state index contributed by atoms with van der Waals surface area (Å²) >= 11 is 3.54. The fraction of sp³-hybridized carbons (Fsp3) is 0.600. The summed E-state index contributed by atoms with van der Waals surface area (Å²) in [4.78, 5) is 0. The molecule has 0 aliphatic heterocycles. The van der Waals surface area contributed by atoms with Crippen LogP contribution in [0.1, 0.15) is 19.4 Å². The number of halogens is 1. The van der Waals surface area contributed by atoms with E-state index >= 15 is 0 Å². The first-order valence-corrected chi connectivity index (χ1v) is 7.56. The molecule has 0 radical (unpaired) electrons. The van der Waals surface area contributed by atoms with Crippen LogP contribution < -0.4 is 14.8 Å². The van der Waals surface area contributed by atoms with Crippen molar-refractivity contribution in [1.29, 1.82) is 0 Å². The second-order valence-corrected chi connectivity index (χ2v) is 5.83. The lowest BCUT2D eigenvalue weighted by Crippen LogP contribution is -2.19. The van der Waals surface area contributed by atoms with E-state index in [1.165, 1.54) is 0 Å². The number of nitrogens with one attached hydrogen (secondary N) is 1. The molecule has 1 aromatic carbocycles. The van der Waals surface area contributed by atoms with Crippen molar-refractivity contribution in [3.05, 3.63) is 22.2 Å². The standard InChI is InChI=1S/C15H24BrNO3/c1-11(2)9-17-10-12-7-13(16)15(14(8-12)19-4)20-6-5-18-3/h7-8,11,17H,5-6,9-10H2,1-4H3. The lowest BCUT2D eigenvalue weighted by molar-refractivity contribution is 0.143. The largest absolute Gasteiger partial charge is 0.493 e. The molecular weight excluding hydrogens is 322 g/mol. The highest BCUT2D eigenvalue weighted by Gasteiger charge is 2.11. The smallest absolute Gasteiger partial charge is 0.175 e. The zero-order valence-electron chi connectivity index (χ0n) is 12.7. The Kier molecular flexibility index (Phi) is 7.95. The maximum absolute atomic E-state index is 5.68. The first kappa shape index (κ1) is 17.3. The normalized spacial score (nSPS) is 10.9. The van der Waals surface area contributed by atoms with Gasteiger partial charge in [-0.2, -0.15) is 0 Å². The van der Waals surface area contributed by atoms with Crippen LogP contribution in [0, 0.1) is 5.92 Å². The van der Waals surface area contributed by atoms with Gasteiger partial charge in [-0.15, -0.1) is 0 Å². The third kappa shape index (κ3) is 5.69. The van der Waals surface area contributed by atoms with E-state index in [4.69, 9.17) is 14.2 Å². The molecule has 0 saturated heterocycles. The van der Waals surface area contributed by atoms with E-state index in [9.17, 15) is 0 Å². The van der Waals surface area contributed by atoms with E-state index in [2.05, 4.69) is 41.2 Å². The zero-order chi connectivity index (χ0) is 15.0. The predicted molar refractivity (Wildman–Crippen MR) is 84.6 cm³/mol.